The molecule has 0 bridgehead atoms. The van der Waals surface area contributed by atoms with E-state index in [1.807, 2.05) is 7.05 Å². The molecule has 1 aliphatic rings. The molecule has 0 N–H and O–H groups in total. The van der Waals surface area contributed by atoms with E-state index in [4.69, 9.17) is 0 Å². The fourth-order valence-electron chi connectivity index (χ4n) is 1.78. The van der Waals surface area contributed by atoms with Crippen LogP contribution in [0.15, 0.2) is 17.3 Å². The van der Waals surface area contributed by atoms with Crippen LogP contribution in [0.4, 0.5) is 0 Å². The minimum atomic E-state index is -3.37. The van der Waals surface area contributed by atoms with Gasteiger partial charge in [0.2, 0.25) is 0 Å². The van der Waals surface area contributed by atoms with Crippen molar-refractivity contribution in [3.63, 3.8) is 0 Å². The molecule has 0 saturated carbocycles. The lowest BCUT2D eigenvalue weighted by atomic mass is 10.4. The molecular weight excluding hydrogens is 228 g/mol. The number of sulfonamides is 1. The van der Waals surface area contributed by atoms with E-state index in [2.05, 4.69) is 10.00 Å². The second-order valence-corrected chi connectivity index (χ2v) is 5.89. The fraction of sp³-hybridized carbons (Fsp3) is 0.667. The van der Waals surface area contributed by atoms with E-state index < -0.39 is 10.0 Å². The predicted octanol–water partition coefficient (Wildman–Crippen LogP) is -0.644. The van der Waals surface area contributed by atoms with Crippen molar-refractivity contribution in [3.8, 4) is 0 Å². The molecule has 90 valence electrons. The van der Waals surface area contributed by atoms with E-state index >= 15 is 0 Å². The lowest BCUT2D eigenvalue weighted by molar-refractivity contribution is 0.221. The Hall–Kier alpha value is -0.920. The van der Waals surface area contributed by atoms with Crippen LogP contribution in [0.5, 0.6) is 0 Å². The highest BCUT2D eigenvalue weighted by Gasteiger charge is 2.29. The maximum absolute atomic E-state index is 12.2. The number of piperazine rings is 1. The highest BCUT2D eigenvalue weighted by atomic mass is 32.2. The number of likely N-dealkylation sites (N-methyl/N-ethyl adjacent to an activating group) is 1. The van der Waals surface area contributed by atoms with Gasteiger partial charge in [0.25, 0.3) is 10.0 Å². The van der Waals surface area contributed by atoms with Gasteiger partial charge < -0.3 is 4.90 Å². The summed E-state index contributed by atoms with van der Waals surface area (Å²) in [6.45, 7) is 2.64. The normalized spacial score (nSPS) is 20.1. The van der Waals surface area contributed by atoms with Crippen LogP contribution < -0.4 is 0 Å². The quantitative estimate of drug-likeness (QED) is 0.694. The van der Waals surface area contributed by atoms with E-state index in [0.29, 0.717) is 13.1 Å². The molecule has 1 fully saturated rings. The SMILES string of the molecule is CN1CCN(S(=O)(=O)c2ccnn2C)CC1. The van der Waals surface area contributed by atoms with Gasteiger partial charge in [0.1, 0.15) is 0 Å². The zero-order chi connectivity index (χ0) is 11.8. The van der Waals surface area contributed by atoms with Crippen LogP contribution in [-0.2, 0) is 17.1 Å². The van der Waals surface area contributed by atoms with Gasteiger partial charge in [0.05, 0.1) is 6.20 Å². The first-order chi connectivity index (χ1) is 7.51. The van der Waals surface area contributed by atoms with E-state index in [-0.39, 0.29) is 5.03 Å². The summed E-state index contributed by atoms with van der Waals surface area (Å²) in [4.78, 5) is 2.12. The smallest absolute Gasteiger partial charge is 0.260 e. The molecule has 6 nitrogen and oxygen atoms in total. The maximum Gasteiger partial charge on any atom is 0.260 e. The average molecular weight is 244 g/mol. The molecule has 1 aromatic heterocycles. The van der Waals surface area contributed by atoms with Crippen LogP contribution >= 0.6 is 0 Å². The van der Waals surface area contributed by atoms with Gasteiger partial charge in [-0.15, -0.1) is 0 Å². The van der Waals surface area contributed by atoms with Crippen molar-refractivity contribution in [1.29, 1.82) is 0 Å². The number of aryl methyl sites for hydroxylation is 1. The van der Waals surface area contributed by atoms with Gasteiger partial charge in [-0.2, -0.15) is 9.40 Å². The molecule has 0 amide bonds. The van der Waals surface area contributed by atoms with Crippen molar-refractivity contribution < 1.29 is 8.42 Å². The second-order valence-electron chi connectivity index (χ2n) is 4.00. The molecule has 0 spiro atoms. The molecule has 7 heteroatoms. The average Bonchev–Trinajstić information content (AvgIpc) is 2.66. The Morgan fingerprint density at radius 2 is 1.81 bits per heavy atom. The lowest BCUT2D eigenvalue weighted by Gasteiger charge is -2.31. The third-order valence-corrected chi connectivity index (χ3v) is 4.82. The van der Waals surface area contributed by atoms with Gasteiger partial charge in [-0.05, 0) is 13.1 Å². The van der Waals surface area contributed by atoms with Gasteiger partial charge >= 0.3 is 0 Å². The van der Waals surface area contributed by atoms with Crippen LogP contribution in [-0.4, -0.2) is 60.6 Å². The van der Waals surface area contributed by atoms with Crippen molar-refractivity contribution in [1.82, 2.24) is 19.0 Å². The lowest BCUT2D eigenvalue weighted by Crippen LogP contribution is -2.47. The van der Waals surface area contributed by atoms with Crippen LogP contribution in [0.1, 0.15) is 0 Å². The standard InChI is InChI=1S/C9H16N4O2S/c1-11-5-7-13(8-6-11)16(14,15)9-3-4-10-12(9)2/h3-4H,5-8H2,1-2H3. The third kappa shape index (κ3) is 1.98. The second kappa shape index (κ2) is 4.15. The number of aromatic nitrogens is 2. The minimum Gasteiger partial charge on any atom is -0.304 e. The highest BCUT2D eigenvalue weighted by molar-refractivity contribution is 7.89. The molecule has 0 radical (unpaired) electrons. The van der Waals surface area contributed by atoms with Crippen molar-refractivity contribution in [3.05, 3.63) is 12.3 Å². The van der Waals surface area contributed by atoms with E-state index in [1.54, 1.807) is 7.05 Å². The summed E-state index contributed by atoms with van der Waals surface area (Å²) in [7, 11) is 0.270. The predicted molar refractivity (Wildman–Crippen MR) is 59.5 cm³/mol. The maximum atomic E-state index is 12.2. The Kier molecular flexibility index (Phi) is 3.00. The third-order valence-electron chi connectivity index (χ3n) is 2.84. The van der Waals surface area contributed by atoms with Gasteiger partial charge in [0.15, 0.2) is 5.03 Å². The molecule has 2 rings (SSSR count). The summed E-state index contributed by atoms with van der Waals surface area (Å²) in [6, 6.07) is 1.54. The fourth-order valence-corrected chi connectivity index (χ4v) is 3.30. The molecule has 1 saturated heterocycles. The zero-order valence-corrected chi connectivity index (χ0v) is 10.3. The summed E-state index contributed by atoms with van der Waals surface area (Å²) in [5, 5.41) is 4.15. The molecule has 0 aromatic carbocycles. The van der Waals surface area contributed by atoms with Crippen LogP contribution in [0.2, 0.25) is 0 Å². The van der Waals surface area contributed by atoms with Gasteiger partial charge in [-0.25, -0.2) is 8.42 Å². The number of hydrogen-bond acceptors (Lipinski definition) is 4. The molecule has 2 heterocycles. The summed E-state index contributed by atoms with van der Waals surface area (Å²) in [6.07, 6.45) is 1.50. The molecule has 0 aliphatic carbocycles. The van der Waals surface area contributed by atoms with Gasteiger partial charge in [-0.1, -0.05) is 0 Å². The van der Waals surface area contributed by atoms with Gasteiger partial charge in [0, 0.05) is 33.2 Å². The minimum absolute atomic E-state index is 0.261. The van der Waals surface area contributed by atoms with Crippen molar-refractivity contribution in [2.24, 2.45) is 7.05 Å². The molecule has 0 unspecified atom stereocenters. The topological polar surface area (TPSA) is 58.4 Å². The molecule has 16 heavy (non-hydrogen) atoms. The van der Waals surface area contributed by atoms with Crippen molar-refractivity contribution >= 4 is 10.0 Å². The summed E-state index contributed by atoms with van der Waals surface area (Å²) in [5.41, 5.74) is 0. The summed E-state index contributed by atoms with van der Waals surface area (Å²) in [5.74, 6) is 0. The summed E-state index contributed by atoms with van der Waals surface area (Å²) < 4.78 is 27.4. The Labute approximate surface area is 95.5 Å². The van der Waals surface area contributed by atoms with E-state index in [0.717, 1.165) is 13.1 Å². The van der Waals surface area contributed by atoms with E-state index in [9.17, 15) is 8.42 Å². The molecule has 1 aromatic rings. The largest absolute Gasteiger partial charge is 0.304 e. The molecule has 0 atom stereocenters. The monoisotopic (exact) mass is 244 g/mol. The number of nitrogens with zero attached hydrogens (tertiary/aromatic N) is 4. The zero-order valence-electron chi connectivity index (χ0n) is 9.50. The Balaban J connectivity index is 2.23. The van der Waals surface area contributed by atoms with Crippen LogP contribution in [0, 0.1) is 0 Å². The first kappa shape index (κ1) is 11.6. The highest BCUT2D eigenvalue weighted by Crippen LogP contribution is 2.15. The Bertz CT molecular complexity index is 460. The van der Waals surface area contributed by atoms with Gasteiger partial charge in [-0.3, -0.25) is 4.68 Å². The summed E-state index contributed by atoms with van der Waals surface area (Å²) >= 11 is 0. The van der Waals surface area contributed by atoms with Crippen molar-refractivity contribution in [2.45, 2.75) is 5.03 Å². The molecule has 1 aliphatic heterocycles. The Morgan fingerprint density at radius 1 is 1.19 bits per heavy atom. The van der Waals surface area contributed by atoms with Crippen molar-refractivity contribution in [2.75, 3.05) is 33.2 Å². The Morgan fingerprint density at radius 3 is 2.31 bits per heavy atom. The van der Waals surface area contributed by atoms with Crippen LogP contribution in [0.3, 0.4) is 0 Å². The number of hydrogen-bond donors (Lipinski definition) is 0. The van der Waals surface area contributed by atoms with E-state index in [1.165, 1.54) is 21.3 Å². The first-order valence-corrected chi connectivity index (χ1v) is 6.62. The molecular formula is C9H16N4O2S. The number of rotatable bonds is 2. The first-order valence-electron chi connectivity index (χ1n) is 5.18. The van der Waals surface area contributed by atoms with Crippen LogP contribution in [0.25, 0.3) is 0 Å².